The van der Waals surface area contributed by atoms with Crippen molar-refractivity contribution in [3.63, 3.8) is 0 Å². The van der Waals surface area contributed by atoms with E-state index in [1.807, 2.05) is 0 Å². The Labute approximate surface area is 617 Å². The van der Waals surface area contributed by atoms with E-state index < -0.39 is 181 Å². The van der Waals surface area contributed by atoms with E-state index in [-0.39, 0.29) is 108 Å². The number of nitrogens with zero attached hydrogens (tertiary/aromatic N) is 5. The van der Waals surface area contributed by atoms with Gasteiger partial charge in [-0.1, -0.05) is 50.6 Å². The number of carbonyl (C=O) groups is 13. The molecule has 1 aliphatic heterocycles. The molecule has 31 N–H and O–H groups in total. The zero-order valence-electron chi connectivity index (χ0n) is 60.3. The van der Waals surface area contributed by atoms with Crippen molar-refractivity contribution in [1.29, 1.82) is 0 Å². The topological polar surface area (TPSA) is 696 Å². The number of rotatable bonds is 49. The molecule has 1 fully saturated rings. The molecule has 12 amide bonds. The number of carboxylic acids is 1. The molecule has 0 aliphatic carbocycles. The van der Waals surface area contributed by atoms with Gasteiger partial charge in [-0.2, -0.15) is 0 Å². The van der Waals surface area contributed by atoms with Crippen molar-refractivity contribution in [2.75, 3.05) is 39.3 Å². The first-order valence-electron chi connectivity index (χ1n) is 35.3. The lowest BCUT2D eigenvalue weighted by molar-refractivity contribution is -0.146. The van der Waals surface area contributed by atoms with Crippen molar-refractivity contribution < 1.29 is 77.6 Å². The first-order valence-corrected chi connectivity index (χ1v) is 35.3. The number of aromatic amines is 2. The van der Waals surface area contributed by atoms with Crippen LogP contribution in [0.1, 0.15) is 121 Å². The van der Waals surface area contributed by atoms with Crippen molar-refractivity contribution in [1.82, 2.24) is 78.0 Å². The van der Waals surface area contributed by atoms with Crippen LogP contribution in [0.15, 0.2) is 65.4 Å². The summed E-state index contributed by atoms with van der Waals surface area (Å²) in [6, 6.07) is -9.58. The predicted molar refractivity (Wildman–Crippen MR) is 387 cm³/mol. The second-order valence-corrected chi connectivity index (χ2v) is 26.2. The number of likely N-dealkylation sites (tertiary alicyclic amines) is 1. The third-order valence-electron chi connectivity index (χ3n) is 17.1. The van der Waals surface area contributed by atoms with E-state index in [2.05, 4.69) is 83.1 Å². The molecule has 0 saturated carbocycles. The van der Waals surface area contributed by atoms with Crippen molar-refractivity contribution >= 4 is 88.8 Å². The van der Waals surface area contributed by atoms with Gasteiger partial charge in [-0.15, -0.1) is 0 Å². The van der Waals surface area contributed by atoms with Gasteiger partial charge in [-0.25, -0.2) is 14.8 Å². The Bertz CT molecular complexity index is 3450. The van der Waals surface area contributed by atoms with Crippen LogP contribution in [0.5, 0.6) is 0 Å². The monoisotopic (exact) mass is 1510 g/mol. The summed E-state index contributed by atoms with van der Waals surface area (Å²) in [7, 11) is 0. The molecule has 0 bridgehead atoms. The van der Waals surface area contributed by atoms with Crippen molar-refractivity contribution in [2.45, 2.75) is 202 Å². The number of nitrogens with one attached hydrogen (secondary N) is 12. The number of carboxylic acid groups (broad SMARTS) is 1. The fraction of sp³-hybridized carbons (Fsp3) is 0.591. The van der Waals surface area contributed by atoms with Crippen LogP contribution < -0.4 is 99.0 Å². The standard InChI is InChI=1S/C66H107N25O16/c1-35(2)51(62(104)90-52(36(3)93)64(106)107)89-61(103)49-20-13-25-91(49)63(105)48(32-92)88-56(98)43(19-12-24-78-66(73)74)83-59(101)46(28-39-31-76-34-80-39)86-60(102)47(29-50(70)94)87-55(97)42(18-11-23-77-65(71)72)82-58(100)45(27-38-30-75-33-79-38)85-57(99)44(26-37-14-5-4-6-15-37)84-54(96)41(17-8-10-22-68)81-53(95)40(69)16-7-9-21-67/h4-6,14-15,30-31,33-36,40-49,51-52,92-93H,7-13,16-29,32,67-69H2,1-3H3,(H2,70,94)(H,75,79)(H,76,80)(H,81,95)(H,82,100)(H,83,101)(H,84,96)(H,85,99)(H,86,102)(H,87,97)(H,88,98)(H,89,103)(H,90,104)(H,106,107)(H4,71,72,77)(H4,73,74,78)/t36-,40+,41+,42+,43+,44+,45+,46+,47+,48+,49+,51+,52+/m1/s1. The van der Waals surface area contributed by atoms with E-state index in [1.54, 1.807) is 44.2 Å². The molecule has 1 saturated heterocycles. The Hall–Kier alpha value is -10.9. The highest BCUT2D eigenvalue weighted by Crippen LogP contribution is 2.21. The van der Waals surface area contributed by atoms with E-state index >= 15 is 0 Å². The summed E-state index contributed by atoms with van der Waals surface area (Å²) in [5.74, 6) is -14.4. The van der Waals surface area contributed by atoms with E-state index in [4.69, 9.17) is 45.9 Å². The van der Waals surface area contributed by atoms with Crippen LogP contribution in [-0.4, -0.2) is 247 Å². The molecule has 1 aliphatic rings. The van der Waals surface area contributed by atoms with Gasteiger partial charge in [-0.3, -0.25) is 67.5 Å². The first kappa shape index (κ1) is 88.5. The molecular formula is C66H107N25O16. The molecule has 2 aromatic heterocycles. The number of hydrogen-bond donors (Lipinski definition) is 23. The number of H-pyrrole nitrogens is 2. The van der Waals surface area contributed by atoms with Crippen LogP contribution in [0.4, 0.5) is 0 Å². The lowest BCUT2D eigenvalue weighted by Crippen LogP contribution is -2.62. The Morgan fingerprint density at radius 2 is 0.963 bits per heavy atom. The van der Waals surface area contributed by atoms with Gasteiger partial charge in [0, 0.05) is 62.7 Å². The Morgan fingerprint density at radius 1 is 0.533 bits per heavy atom. The van der Waals surface area contributed by atoms with Gasteiger partial charge < -0.3 is 129 Å². The molecule has 13 atom stereocenters. The molecule has 1 aromatic carbocycles. The quantitative estimate of drug-likeness (QED) is 0.0142. The average molecular weight is 1510 g/mol. The second kappa shape index (κ2) is 46.1. The summed E-state index contributed by atoms with van der Waals surface area (Å²) < 4.78 is 0. The fourth-order valence-electron chi connectivity index (χ4n) is 11.4. The van der Waals surface area contributed by atoms with Gasteiger partial charge >= 0.3 is 5.97 Å². The summed E-state index contributed by atoms with van der Waals surface area (Å²) in [6.07, 6.45) is 4.16. The highest BCUT2D eigenvalue weighted by Gasteiger charge is 2.42. The third-order valence-corrected chi connectivity index (χ3v) is 17.1. The second-order valence-electron chi connectivity index (χ2n) is 26.2. The number of aliphatic hydroxyl groups excluding tert-OH is 2. The number of nitrogens with two attached hydrogens (primary N) is 8. The SMILES string of the molecule is CC(C)[C@H](NC(=O)[C@@H]1CCCN1C(=O)[C@H](CO)NC(=O)[C@H](CCCN=C(N)N)NC(=O)[C@H](Cc1cnc[nH]1)NC(=O)[C@H](CC(N)=O)NC(=O)[C@H](CCCN=C(N)N)NC(=O)[C@H](Cc1cnc[nH]1)NC(=O)[C@H](Cc1ccccc1)NC(=O)[C@H](CCCCN)NC(=O)[C@@H](N)CCCCN)C(=O)N[C@H](C(=O)O)[C@@H](C)O. The number of aliphatic carboxylic acids is 1. The van der Waals surface area contributed by atoms with E-state index in [9.17, 15) is 77.6 Å². The molecule has 4 rings (SSSR count). The number of aliphatic imine (C=N–C) groups is 2. The molecule has 41 heteroatoms. The molecule has 3 heterocycles. The Kier molecular flexibility index (Phi) is 38.1. The van der Waals surface area contributed by atoms with Gasteiger partial charge in [0.05, 0.1) is 37.8 Å². The van der Waals surface area contributed by atoms with Gasteiger partial charge in [0.25, 0.3) is 0 Å². The highest BCUT2D eigenvalue weighted by molar-refractivity contribution is 6.00. The molecule has 0 radical (unpaired) electrons. The van der Waals surface area contributed by atoms with Crippen LogP contribution in [0.25, 0.3) is 0 Å². The predicted octanol–water partition coefficient (Wildman–Crippen LogP) is -8.32. The van der Waals surface area contributed by atoms with Crippen molar-refractivity contribution in [3.05, 3.63) is 72.3 Å². The Morgan fingerprint density at radius 3 is 1.39 bits per heavy atom. The zero-order valence-corrected chi connectivity index (χ0v) is 60.3. The van der Waals surface area contributed by atoms with Crippen LogP contribution >= 0.6 is 0 Å². The van der Waals surface area contributed by atoms with Gasteiger partial charge in [-0.05, 0) is 102 Å². The molecule has 41 nitrogen and oxygen atoms in total. The molecule has 3 aromatic rings. The smallest absolute Gasteiger partial charge is 0.328 e. The first-order chi connectivity index (χ1) is 50.9. The molecule has 0 unspecified atom stereocenters. The lowest BCUT2D eigenvalue weighted by atomic mass is 10.0. The molecule has 592 valence electrons. The molecular weight excluding hydrogens is 1400 g/mol. The maximum atomic E-state index is 14.8. The van der Waals surface area contributed by atoms with E-state index in [0.29, 0.717) is 43.5 Å². The van der Waals surface area contributed by atoms with E-state index in [1.165, 1.54) is 25.0 Å². The molecule has 107 heavy (non-hydrogen) atoms. The largest absolute Gasteiger partial charge is 0.480 e. The minimum absolute atomic E-state index is 0.0134. The number of hydrogen-bond acceptors (Lipinski definition) is 22. The minimum atomic E-state index is -1.92. The van der Waals surface area contributed by atoms with Crippen LogP contribution in [-0.2, 0) is 81.6 Å². The number of aliphatic hydroxyl groups is 2. The third kappa shape index (κ3) is 31.0. The summed E-state index contributed by atoms with van der Waals surface area (Å²) in [5, 5.41) is 55.6. The Balaban J connectivity index is 1.65. The summed E-state index contributed by atoms with van der Waals surface area (Å²) in [4.78, 5) is 205. The number of imidazole rings is 2. The van der Waals surface area contributed by atoms with E-state index in [0.717, 1.165) is 11.8 Å². The summed E-state index contributed by atoms with van der Waals surface area (Å²) >= 11 is 0. The number of amides is 12. The minimum Gasteiger partial charge on any atom is -0.480 e. The number of aromatic nitrogens is 4. The van der Waals surface area contributed by atoms with Crippen LogP contribution in [0, 0.1) is 5.92 Å². The summed E-state index contributed by atoms with van der Waals surface area (Å²) in [5.41, 5.74) is 46.7. The maximum Gasteiger partial charge on any atom is 0.328 e. The molecule has 0 spiro atoms. The normalized spacial score (nSPS) is 15.9. The van der Waals surface area contributed by atoms with Gasteiger partial charge in [0.15, 0.2) is 18.0 Å². The lowest BCUT2D eigenvalue weighted by Gasteiger charge is -2.31. The van der Waals surface area contributed by atoms with Gasteiger partial charge in [0.1, 0.15) is 60.4 Å². The zero-order chi connectivity index (χ0) is 79.3. The average Bonchev–Trinajstić information content (AvgIpc) is 1.76. The maximum absolute atomic E-state index is 14.8. The number of carbonyl (C=O) groups excluding carboxylic acids is 12. The number of primary amides is 1. The highest BCUT2D eigenvalue weighted by atomic mass is 16.4. The van der Waals surface area contributed by atoms with Crippen molar-refractivity contribution in [2.24, 2.45) is 61.8 Å². The number of benzene rings is 1. The summed E-state index contributed by atoms with van der Waals surface area (Å²) in [6.45, 7) is 3.64. The van der Waals surface area contributed by atoms with Crippen LogP contribution in [0.2, 0.25) is 0 Å². The number of unbranched alkanes of at least 4 members (excludes halogenated alkanes) is 2. The van der Waals surface area contributed by atoms with Crippen molar-refractivity contribution in [3.8, 4) is 0 Å². The number of guanidine groups is 2. The van der Waals surface area contributed by atoms with Crippen LogP contribution in [0.3, 0.4) is 0 Å². The van der Waals surface area contributed by atoms with Gasteiger partial charge in [0.2, 0.25) is 70.9 Å². The fourth-order valence-corrected chi connectivity index (χ4v) is 11.4.